The molecule has 1 aliphatic carbocycles. The predicted molar refractivity (Wildman–Crippen MR) is 87.5 cm³/mol. The summed E-state index contributed by atoms with van der Waals surface area (Å²) in [7, 11) is 0. The zero-order valence-electron chi connectivity index (χ0n) is 14.0. The van der Waals surface area contributed by atoms with Gasteiger partial charge in [0.25, 0.3) is 0 Å². The van der Waals surface area contributed by atoms with Crippen LogP contribution in [-0.4, -0.2) is 31.6 Å². The van der Waals surface area contributed by atoms with Crippen LogP contribution in [0.3, 0.4) is 0 Å². The monoisotopic (exact) mass is 297 g/mol. The number of hydrogen-bond acceptors (Lipinski definition) is 3. The standard InChI is InChI=1S/C18H35NO2/c1-2-3-4-5-6-7-8-9-14-19-17-10-12-18(13-11-17)20-15-16-21-18/h17,19H,2-16H2,1H3. The van der Waals surface area contributed by atoms with Gasteiger partial charge in [-0.25, -0.2) is 0 Å². The third kappa shape index (κ3) is 6.25. The summed E-state index contributed by atoms with van der Waals surface area (Å²) in [6.45, 7) is 5.05. The fourth-order valence-electron chi connectivity index (χ4n) is 3.61. The molecule has 0 amide bonds. The Labute approximate surface area is 131 Å². The Morgan fingerprint density at radius 3 is 2.05 bits per heavy atom. The molecule has 1 aliphatic heterocycles. The molecule has 0 atom stereocenters. The zero-order valence-corrected chi connectivity index (χ0v) is 14.0. The molecule has 0 radical (unpaired) electrons. The van der Waals surface area contributed by atoms with Gasteiger partial charge in [0, 0.05) is 18.9 Å². The van der Waals surface area contributed by atoms with Gasteiger partial charge in [0.2, 0.25) is 0 Å². The average Bonchev–Trinajstić information content (AvgIpc) is 2.96. The van der Waals surface area contributed by atoms with Crippen LogP contribution in [0.15, 0.2) is 0 Å². The van der Waals surface area contributed by atoms with E-state index in [-0.39, 0.29) is 5.79 Å². The molecule has 0 unspecified atom stereocenters. The minimum absolute atomic E-state index is 0.198. The van der Waals surface area contributed by atoms with Crippen LogP contribution in [0.5, 0.6) is 0 Å². The van der Waals surface area contributed by atoms with Gasteiger partial charge in [0.15, 0.2) is 5.79 Å². The second-order valence-corrected chi connectivity index (χ2v) is 6.81. The van der Waals surface area contributed by atoms with Crippen molar-refractivity contribution in [3.8, 4) is 0 Å². The molecular weight excluding hydrogens is 262 g/mol. The van der Waals surface area contributed by atoms with Crippen molar-refractivity contribution in [1.29, 1.82) is 0 Å². The number of rotatable bonds is 10. The number of ether oxygens (including phenoxy) is 2. The summed E-state index contributed by atoms with van der Waals surface area (Å²) in [4.78, 5) is 0. The molecule has 0 aromatic carbocycles. The van der Waals surface area contributed by atoms with Crippen LogP contribution in [0.25, 0.3) is 0 Å². The van der Waals surface area contributed by atoms with Crippen molar-refractivity contribution in [3.63, 3.8) is 0 Å². The van der Waals surface area contributed by atoms with Gasteiger partial charge in [-0.1, -0.05) is 51.9 Å². The first-order valence-corrected chi connectivity index (χ1v) is 9.36. The van der Waals surface area contributed by atoms with E-state index in [0.717, 1.165) is 26.1 Å². The molecule has 0 bridgehead atoms. The molecule has 3 heteroatoms. The van der Waals surface area contributed by atoms with Crippen molar-refractivity contribution >= 4 is 0 Å². The number of nitrogens with one attached hydrogen (secondary N) is 1. The Morgan fingerprint density at radius 1 is 0.857 bits per heavy atom. The normalized spacial score (nSPS) is 22.1. The van der Waals surface area contributed by atoms with Crippen molar-refractivity contribution in [1.82, 2.24) is 5.32 Å². The van der Waals surface area contributed by atoms with E-state index in [1.54, 1.807) is 0 Å². The molecule has 1 saturated carbocycles. The van der Waals surface area contributed by atoms with Gasteiger partial charge in [-0.15, -0.1) is 0 Å². The molecule has 1 spiro atoms. The van der Waals surface area contributed by atoms with E-state index in [1.165, 1.54) is 70.8 Å². The maximum absolute atomic E-state index is 5.78. The van der Waals surface area contributed by atoms with E-state index in [4.69, 9.17) is 9.47 Å². The third-order valence-electron chi connectivity index (χ3n) is 5.02. The molecule has 2 rings (SSSR count). The molecule has 0 aromatic rings. The van der Waals surface area contributed by atoms with Crippen molar-refractivity contribution in [2.24, 2.45) is 0 Å². The average molecular weight is 297 g/mol. The van der Waals surface area contributed by atoms with Gasteiger partial charge in [-0.2, -0.15) is 0 Å². The molecule has 1 heterocycles. The molecular formula is C18H35NO2. The summed E-state index contributed by atoms with van der Waals surface area (Å²) in [5, 5.41) is 3.73. The van der Waals surface area contributed by atoms with Crippen LogP contribution in [0.2, 0.25) is 0 Å². The molecule has 3 nitrogen and oxygen atoms in total. The Kier molecular flexibility index (Phi) is 8.05. The summed E-state index contributed by atoms with van der Waals surface area (Å²) in [5.74, 6) is -0.198. The largest absolute Gasteiger partial charge is 0.348 e. The van der Waals surface area contributed by atoms with Crippen molar-refractivity contribution in [2.75, 3.05) is 19.8 Å². The lowest BCUT2D eigenvalue weighted by molar-refractivity contribution is -0.179. The van der Waals surface area contributed by atoms with Crippen LogP contribution in [0.4, 0.5) is 0 Å². The molecule has 1 saturated heterocycles. The van der Waals surface area contributed by atoms with Crippen LogP contribution in [0.1, 0.15) is 84.0 Å². The number of hydrogen-bond donors (Lipinski definition) is 1. The van der Waals surface area contributed by atoms with Crippen molar-refractivity contribution < 1.29 is 9.47 Å². The van der Waals surface area contributed by atoms with Gasteiger partial charge in [0.05, 0.1) is 13.2 Å². The maximum atomic E-state index is 5.78. The summed E-state index contributed by atoms with van der Waals surface area (Å²) in [6, 6.07) is 0.688. The van der Waals surface area contributed by atoms with E-state index in [9.17, 15) is 0 Å². The summed E-state index contributed by atoms with van der Waals surface area (Å²) >= 11 is 0. The van der Waals surface area contributed by atoms with Crippen molar-refractivity contribution in [2.45, 2.75) is 95.8 Å². The van der Waals surface area contributed by atoms with Crippen LogP contribution in [0, 0.1) is 0 Å². The molecule has 124 valence electrons. The molecule has 2 fully saturated rings. The quantitative estimate of drug-likeness (QED) is 0.606. The highest BCUT2D eigenvalue weighted by molar-refractivity contribution is 4.85. The summed E-state index contributed by atoms with van der Waals surface area (Å²) < 4.78 is 11.6. The fraction of sp³-hybridized carbons (Fsp3) is 1.00. The van der Waals surface area contributed by atoms with E-state index in [1.807, 2.05) is 0 Å². The first-order chi connectivity index (χ1) is 10.3. The molecule has 2 aliphatic rings. The van der Waals surface area contributed by atoms with Gasteiger partial charge >= 0.3 is 0 Å². The SMILES string of the molecule is CCCCCCCCCCNC1CCC2(CC1)OCCO2. The van der Waals surface area contributed by atoms with E-state index < -0.39 is 0 Å². The van der Waals surface area contributed by atoms with Gasteiger partial charge in [-0.05, 0) is 25.8 Å². The summed E-state index contributed by atoms with van der Waals surface area (Å²) in [6.07, 6.45) is 15.8. The Hall–Kier alpha value is -0.120. The molecule has 21 heavy (non-hydrogen) atoms. The topological polar surface area (TPSA) is 30.5 Å². The molecule has 1 N–H and O–H groups in total. The fourth-order valence-corrected chi connectivity index (χ4v) is 3.61. The van der Waals surface area contributed by atoms with Crippen LogP contribution >= 0.6 is 0 Å². The maximum Gasteiger partial charge on any atom is 0.168 e. The second-order valence-electron chi connectivity index (χ2n) is 6.81. The minimum atomic E-state index is -0.198. The van der Waals surface area contributed by atoms with E-state index in [2.05, 4.69) is 12.2 Å². The van der Waals surface area contributed by atoms with Gasteiger partial charge < -0.3 is 14.8 Å². The molecule has 0 aromatic heterocycles. The Bertz CT molecular complexity index is 254. The van der Waals surface area contributed by atoms with Crippen LogP contribution in [-0.2, 0) is 9.47 Å². The van der Waals surface area contributed by atoms with Gasteiger partial charge in [0.1, 0.15) is 0 Å². The highest BCUT2D eigenvalue weighted by Crippen LogP contribution is 2.35. The Balaban J connectivity index is 1.40. The van der Waals surface area contributed by atoms with Crippen molar-refractivity contribution in [3.05, 3.63) is 0 Å². The smallest absolute Gasteiger partial charge is 0.168 e. The lowest BCUT2D eigenvalue weighted by Gasteiger charge is -2.35. The highest BCUT2D eigenvalue weighted by Gasteiger charge is 2.39. The van der Waals surface area contributed by atoms with Gasteiger partial charge in [-0.3, -0.25) is 0 Å². The number of unbranched alkanes of at least 4 members (excludes halogenated alkanes) is 7. The van der Waals surface area contributed by atoms with E-state index in [0.29, 0.717) is 6.04 Å². The van der Waals surface area contributed by atoms with Crippen LogP contribution < -0.4 is 5.32 Å². The van der Waals surface area contributed by atoms with E-state index >= 15 is 0 Å². The summed E-state index contributed by atoms with van der Waals surface area (Å²) in [5.41, 5.74) is 0. The first-order valence-electron chi connectivity index (χ1n) is 9.36. The second kappa shape index (κ2) is 9.81. The predicted octanol–water partition coefficient (Wildman–Crippen LogP) is 4.40. The minimum Gasteiger partial charge on any atom is -0.348 e. The highest BCUT2D eigenvalue weighted by atomic mass is 16.7. The third-order valence-corrected chi connectivity index (χ3v) is 5.02. The lowest BCUT2D eigenvalue weighted by atomic mass is 9.90. The lowest BCUT2D eigenvalue weighted by Crippen LogP contribution is -2.42. The first kappa shape index (κ1) is 17.2. The zero-order chi connectivity index (χ0) is 14.8. The Morgan fingerprint density at radius 2 is 1.43 bits per heavy atom.